The highest BCUT2D eigenvalue weighted by atomic mass is 32.2. The van der Waals surface area contributed by atoms with E-state index < -0.39 is 0 Å². The normalized spacial score (nSPS) is 11.0. The van der Waals surface area contributed by atoms with Crippen LogP contribution in [0.3, 0.4) is 0 Å². The lowest BCUT2D eigenvalue weighted by Gasteiger charge is -1.99. The average molecular weight is 394 g/mol. The Morgan fingerprint density at radius 2 is 1.70 bits per heavy atom. The van der Waals surface area contributed by atoms with Crippen LogP contribution in [-0.4, -0.2) is 15.2 Å². The zero-order valence-corrected chi connectivity index (χ0v) is 16.8. The van der Waals surface area contributed by atoms with Crippen molar-refractivity contribution >= 4 is 23.1 Å². The van der Waals surface area contributed by atoms with Crippen molar-refractivity contribution in [3.05, 3.63) is 70.7 Å². The van der Waals surface area contributed by atoms with Gasteiger partial charge in [0.1, 0.15) is 5.01 Å². The molecule has 4 nitrogen and oxygen atoms in total. The van der Waals surface area contributed by atoms with E-state index >= 15 is 0 Å². The predicted molar refractivity (Wildman–Crippen MR) is 111 cm³/mol. The molecular formula is C21H19N3OS2. The molecule has 2 heterocycles. The molecule has 0 saturated heterocycles. The Balaban J connectivity index is 1.40. The topological polar surface area (TPSA) is 51.8 Å². The zero-order chi connectivity index (χ0) is 18.6. The van der Waals surface area contributed by atoms with Gasteiger partial charge in [-0.05, 0) is 31.0 Å². The van der Waals surface area contributed by atoms with Gasteiger partial charge in [0.25, 0.3) is 5.22 Å². The maximum absolute atomic E-state index is 5.76. The molecule has 0 atom stereocenters. The minimum absolute atomic E-state index is 0.549. The molecule has 0 N–H and O–H groups in total. The molecule has 0 amide bonds. The number of benzene rings is 2. The summed E-state index contributed by atoms with van der Waals surface area (Å²) in [6, 6.07) is 16.7. The second kappa shape index (κ2) is 8.06. The highest BCUT2D eigenvalue weighted by Gasteiger charge is 2.11. The van der Waals surface area contributed by atoms with E-state index in [2.05, 4.69) is 53.7 Å². The van der Waals surface area contributed by atoms with Crippen LogP contribution in [0.4, 0.5) is 0 Å². The third-order valence-electron chi connectivity index (χ3n) is 4.21. The number of nitrogens with zero attached hydrogens (tertiary/aromatic N) is 3. The fourth-order valence-corrected chi connectivity index (χ4v) is 4.19. The summed E-state index contributed by atoms with van der Waals surface area (Å²) in [6.45, 7) is 4.22. The summed E-state index contributed by atoms with van der Waals surface area (Å²) in [4.78, 5) is 4.73. The van der Waals surface area contributed by atoms with Crippen molar-refractivity contribution in [2.75, 3.05) is 0 Å². The Labute approximate surface area is 166 Å². The van der Waals surface area contributed by atoms with Crippen molar-refractivity contribution in [3.63, 3.8) is 0 Å². The lowest BCUT2D eigenvalue weighted by Crippen LogP contribution is -1.83. The van der Waals surface area contributed by atoms with Gasteiger partial charge in [0.2, 0.25) is 5.89 Å². The van der Waals surface area contributed by atoms with Gasteiger partial charge in [-0.25, -0.2) is 4.98 Å². The number of rotatable bonds is 6. The van der Waals surface area contributed by atoms with Gasteiger partial charge in [-0.15, -0.1) is 21.5 Å². The van der Waals surface area contributed by atoms with E-state index in [0.717, 1.165) is 28.2 Å². The summed E-state index contributed by atoms with van der Waals surface area (Å²) < 4.78 is 5.76. The molecule has 0 spiro atoms. The van der Waals surface area contributed by atoms with Crippen molar-refractivity contribution in [3.8, 4) is 22.0 Å². The Morgan fingerprint density at radius 1 is 0.963 bits per heavy atom. The summed E-state index contributed by atoms with van der Waals surface area (Å²) in [7, 11) is 0. The van der Waals surface area contributed by atoms with Crippen LogP contribution in [0.15, 0.2) is 63.6 Å². The van der Waals surface area contributed by atoms with E-state index in [1.165, 1.54) is 22.9 Å². The van der Waals surface area contributed by atoms with Gasteiger partial charge < -0.3 is 4.42 Å². The van der Waals surface area contributed by atoms with Crippen molar-refractivity contribution < 1.29 is 4.42 Å². The standard InChI is InChI=1S/C21H19N3OS2/c1-3-15-6-10-17(11-7-15)20-22-18(12-26-20)13-27-21-24-23-19(25-21)16-8-4-14(2)5-9-16/h4-12H,3,13H2,1-2H3. The predicted octanol–water partition coefficient (Wildman–Crippen LogP) is 6.02. The highest BCUT2D eigenvalue weighted by Crippen LogP contribution is 2.29. The molecule has 0 saturated carbocycles. The van der Waals surface area contributed by atoms with Crippen LogP contribution in [0.1, 0.15) is 23.7 Å². The highest BCUT2D eigenvalue weighted by molar-refractivity contribution is 7.98. The Kier molecular flexibility index (Phi) is 5.36. The van der Waals surface area contributed by atoms with Gasteiger partial charge >= 0.3 is 0 Å². The molecule has 0 fully saturated rings. The van der Waals surface area contributed by atoms with Crippen LogP contribution < -0.4 is 0 Å². The molecule has 136 valence electrons. The number of aromatic nitrogens is 3. The van der Waals surface area contributed by atoms with Crippen molar-refractivity contribution in [1.29, 1.82) is 0 Å². The van der Waals surface area contributed by atoms with E-state index in [-0.39, 0.29) is 0 Å². The van der Waals surface area contributed by atoms with Crippen LogP contribution in [-0.2, 0) is 12.2 Å². The summed E-state index contributed by atoms with van der Waals surface area (Å²) >= 11 is 3.17. The van der Waals surface area contributed by atoms with E-state index in [1.807, 2.05) is 24.3 Å². The quantitative estimate of drug-likeness (QED) is 0.375. The largest absolute Gasteiger partial charge is 0.411 e. The number of hydrogen-bond donors (Lipinski definition) is 0. The summed E-state index contributed by atoms with van der Waals surface area (Å²) in [5, 5.41) is 12.0. The molecule has 2 aromatic carbocycles. The molecule has 0 aliphatic carbocycles. The molecule has 0 unspecified atom stereocenters. The molecule has 0 aliphatic heterocycles. The number of thioether (sulfide) groups is 1. The monoisotopic (exact) mass is 393 g/mol. The molecule has 4 aromatic rings. The van der Waals surface area contributed by atoms with Crippen molar-refractivity contribution in [2.24, 2.45) is 0 Å². The van der Waals surface area contributed by atoms with Crippen LogP contribution in [0.5, 0.6) is 0 Å². The average Bonchev–Trinajstić information content (AvgIpc) is 3.37. The molecule has 4 rings (SSSR count). The first-order valence-corrected chi connectivity index (χ1v) is 10.6. The summed E-state index contributed by atoms with van der Waals surface area (Å²) in [6.07, 6.45) is 1.05. The first kappa shape index (κ1) is 17.9. The van der Waals surface area contributed by atoms with Gasteiger partial charge in [0.15, 0.2) is 0 Å². The number of thiazole rings is 1. The zero-order valence-electron chi connectivity index (χ0n) is 15.2. The SMILES string of the molecule is CCc1ccc(-c2nc(CSc3nnc(-c4ccc(C)cc4)o3)cs2)cc1. The third kappa shape index (κ3) is 4.28. The van der Waals surface area contributed by atoms with Gasteiger partial charge in [0.05, 0.1) is 5.69 Å². The third-order valence-corrected chi connectivity index (χ3v) is 6.00. The van der Waals surface area contributed by atoms with E-state index in [9.17, 15) is 0 Å². The van der Waals surface area contributed by atoms with Crippen LogP contribution in [0.2, 0.25) is 0 Å². The van der Waals surface area contributed by atoms with Crippen LogP contribution in [0.25, 0.3) is 22.0 Å². The van der Waals surface area contributed by atoms with Gasteiger partial charge in [-0.3, -0.25) is 0 Å². The minimum Gasteiger partial charge on any atom is -0.411 e. The second-order valence-electron chi connectivity index (χ2n) is 6.22. The molecule has 0 aliphatic rings. The first-order chi connectivity index (χ1) is 13.2. The van der Waals surface area contributed by atoms with Crippen molar-refractivity contribution in [2.45, 2.75) is 31.2 Å². The van der Waals surface area contributed by atoms with Crippen LogP contribution in [0, 0.1) is 6.92 Å². The second-order valence-corrected chi connectivity index (χ2v) is 8.01. The maximum Gasteiger partial charge on any atom is 0.277 e. The molecule has 0 radical (unpaired) electrons. The number of hydrogen-bond acceptors (Lipinski definition) is 6. The summed E-state index contributed by atoms with van der Waals surface area (Å²) in [5.41, 5.74) is 5.66. The van der Waals surface area contributed by atoms with Crippen LogP contribution >= 0.6 is 23.1 Å². The van der Waals surface area contributed by atoms with E-state index in [1.54, 1.807) is 11.3 Å². The minimum atomic E-state index is 0.549. The lowest BCUT2D eigenvalue weighted by atomic mass is 10.1. The van der Waals surface area contributed by atoms with E-state index in [4.69, 9.17) is 9.40 Å². The maximum atomic E-state index is 5.76. The molecular weight excluding hydrogens is 374 g/mol. The fourth-order valence-electron chi connectivity index (χ4n) is 2.61. The van der Waals surface area contributed by atoms with Gasteiger partial charge in [0, 0.05) is 22.3 Å². The Bertz CT molecular complexity index is 1020. The molecule has 2 aromatic heterocycles. The molecule has 0 bridgehead atoms. The summed E-state index contributed by atoms with van der Waals surface area (Å²) in [5.74, 6) is 1.26. The molecule has 27 heavy (non-hydrogen) atoms. The fraction of sp³-hybridized carbons (Fsp3) is 0.190. The smallest absolute Gasteiger partial charge is 0.277 e. The van der Waals surface area contributed by atoms with Crippen molar-refractivity contribution in [1.82, 2.24) is 15.2 Å². The lowest BCUT2D eigenvalue weighted by molar-refractivity contribution is 0.466. The van der Waals surface area contributed by atoms with E-state index in [0.29, 0.717) is 16.9 Å². The van der Waals surface area contributed by atoms with Gasteiger partial charge in [-0.1, -0.05) is 60.6 Å². The Morgan fingerprint density at radius 3 is 2.44 bits per heavy atom. The first-order valence-electron chi connectivity index (χ1n) is 8.78. The van der Waals surface area contributed by atoms with Gasteiger partial charge in [-0.2, -0.15) is 0 Å². The molecule has 6 heteroatoms. The Hall–Kier alpha value is -2.44. The number of aryl methyl sites for hydroxylation is 2.